The molecule has 1 aromatic carbocycles. The predicted octanol–water partition coefficient (Wildman–Crippen LogP) is 2.30. The van der Waals surface area contributed by atoms with Crippen LogP contribution in [0.3, 0.4) is 0 Å². The largest absolute Gasteiger partial charge is 0.352 e. The third-order valence-corrected chi connectivity index (χ3v) is 3.51. The number of carbonyl (C=O) groups excluding carboxylic acids is 1. The van der Waals surface area contributed by atoms with Crippen molar-refractivity contribution in [3.63, 3.8) is 0 Å². The van der Waals surface area contributed by atoms with Gasteiger partial charge in [0.25, 0.3) is 0 Å². The number of benzene rings is 1. The summed E-state index contributed by atoms with van der Waals surface area (Å²) in [6.45, 7) is 1.29. The lowest BCUT2D eigenvalue weighted by Gasteiger charge is -2.02. The molecule has 0 aliphatic carbocycles. The molecular formula is C15H19N3OS. The SMILES string of the molecule is CSCCC(=O)NCc1cnn(Cc2ccccc2)c1. The zero-order valence-corrected chi connectivity index (χ0v) is 12.4. The Morgan fingerprint density at radius 1 is 1.30 bits per heavy atom. The molecule has 4 nitrogen and oxygen atoms in total. The van der Waals surface area contributed by atoms with E-state index in [1.807, 2.05) is 35.3 Å². The number of nitrogens with zero attached hydrogens (tertiary/aromatic N) is 2. The van der Waals surface area contributed by atoms with Crippen LogP contribution in [0.25, 0.3) is 0 Å². The molecule has 0 saturated carbocycles. The maximum Gasteiger partial charge on any atom is 0.221 e. The summed E-state index contributed by atoms with van der Waals surface area (Å²) in [5.74, 6) is 0.953. The second kappa shape index (κ2) is 7.75. The number of hydrogen-bond acceptors (Lipinski definition) is 3. The quantitative estimate of drug-likeness (QED) is 0.851. The number of thioether (sulfide) groups is 1. The van der Waals surface area contributed by atoms with Crippen molar-refractivity contribution < 1.29 is 4.79 Å². The normalized spacial score (nSPS) is 10.4. The van der Waals surface area contributed by atoms with Crippen LogP contribution in [0.1, 0.15) is 17.5 Å². The molecule has 0 atom stereocenters. The van der Waals surface area contributed by atoms with Crippen molar-refractivity contribution in [2.75, 3.05) is 12.0 Å². The van der Waals surface area contributed by atoms with E-state index in [1.54, 1.807) is 18.0 Å². The zero-order valence-electron chi connectivity index (χ0n) is 11.6. The maximum absolute atomic E-state index is 11.5. The first-order chi connectivity index (χ1) is 9.78. The third kappa shape index (κ3) is 4.74. The summed E-state index contributed by atoms with van der Waals surface area (Å²) < 4.78 is 1.89. The predicted molar refractivity (Wildman–Crippen MR) is 82.6 cm³/mol. The van der Waals surface area contributed by atoms with Crippen LogP contribution < -0.4 is 5.32 Å². The molecule has 1 heterocycles. The number of rotatable bonds is 7. The van der Waals surface area contributed by atoms with Gasteiger partial charge in [-0.2, -0.15) is 16.9 Å². The Balaban J connectivity index is 1.82. The van der Waals surface area contributed by atoms with Crippen LogP contribution in [-0.2, 0) is 17.9 Å². The Hall–Kier alpha value is -1.75. The van der Waals surface area contributed by atoms with E-state index in [9.17, 15) is 4.79 Å². The van der Waals surface area contributed by atoms with E-state index in [2.05, 4.69) is 22.5 Å². The first kappa shape index (κ1) is 14.7. The highest BCUT2D eigenvalue weighted by atomic mass is 32.2. The van der Waals surface area contributed by atoms with Gasteiger partial charge in [-0.25, -0.2) is 0 Å². The summed E-state index contributed by atoms with van der Waals surface area (Å²) in [4.78, 5) is 11.5. The molecule has 0 fully saturated rings. The van der Waals surface area contributed by atoms with Crippen molar-refractivity contribution in [2.45, 2.75) is 19.5 Å². The van der Waals surface area contributed by atoms with Gasteiger partial charge in [0, 0.05) is 30.5 Å². The Kier molecular flexibility index (Phi) is 5.68. The van der Waals surface area contributed by atoms with Gasteiger partial charge in [0.2, 0.25) is 5.91 Å². The highest BCUT2D eigenvalue weighted by Gasteiger charge is 2.03. The average molecular weight is 289 g/mol. The molecule has 5 heteroatoms. The van der Waals surface area contributed by atoms with Crippen molar-refractivity contribution in [2.24, 2.45) is 0 Å². The topological polar surface area (TPSA) is 46.9 Å². The fraction of sp³-hybridized carbons (Fsp3) is 0.333. The number of nitrogens with one attached hydrogen (secondary N) is 1. The van der Waals surface area contributed by atoms with Crippen molar-refractivity contribution in [1.82, 2.24) is 15.1 Å². The third-order valence-electron chi connectivity index (χ3n) is 2.90. The number of carbonyl (C=O) groups is 1. The lowest BCUT2D eigenvalue weighted by molar-refractivity contribution is -0.120. The molecule has 0 aliphatic heterocycles. The molecule has 0 spiro atoms. The Morgan fingerprint density at radius 2 is 2.10 bits per heavy atom. The fourth-order valence-electron chi connectivity index (χ4n) is 1.84. The lowest BCUT2D eigenvalue weighted by Crippen LogP contribution is -2.22. The number of amides is 1. The summed E-state index contributed by atoms with van der Waals surface area (Å²) in [6.07, 6.45) is 6.35. The molecule has 106 valence electrons. The van der Waals surface area contributed by atoms with E-state index in [1.165, 1.54) is 5.56 Å². The smallest absolute Gasteiger partial charge is 0.221 e. The zero-order chi connectivity index (χ0) is 14.2. The van der Waals surface area contributed by atoms with Crippen LogP contribution in [0, 0.1) is 0 Å². The van der Waals surface area contributed by atoms with Crippen LogP contribution in [-0.4, -0.2) is 27.7 Å². The van der Waals surface area contributed by atoms with Gasteiger partial charge in [-0.15, -0.1) is 0 Å². The van der Waals surface area contributed by atoms with Gasteiger partial charge >= 0.3 is 0 Å². The molecular weight excluding hydrogens is 270 g/mol. The summed E-state index contributed by atoms with van der Waals surface area (Å²) in [6, 6.07) is 10.2. The second-order valence-electron chi connectivity index (χ2n) is 4.55. The number of aromatic nitrogens is 2. The first-order valence-electron chi connectivity index (χ1n) is 6.59. The van der Waals surface area contributed by atoms with Gasteiger partial charge in [-0.05, 0) is 11.8 Å². The Morgan fingerprint density at radius 3 is 2.85 bits per heavy atom. The van der Waals surface area contributed by atoms with E-state index in [0.29, 0.717) is 13.0 Å². The number of hydrogen-bond donors (Lipinski definition) is 1. The van der Waals surface area contributed by atoms with Crippen molar-refractivity contribution in [3.05, 3.63) is 53.9 Å². The van der Waals surface area contributed by atoms with Crippen LogP contribution in [0.5, 0.6) is 0 Å². The van der Waals surface area contributed by atoms with Crippen LogP contribution in [0.15, 0.2) is 42.7 Å². The molecule has 20 heavy (non-hydrogen) atoms. The summed E-state index contributed by atoms with van der Waals surface area (Å²) >= 11 is 1.68. The van der Waals surface area contributed by atoms with E-state index in [0.717, 1.165) is 17.9 Å². The fourth-order valence-corrected chi connectivity index (χ4v) is 2.23. The summed E-state index contributed by atoms with van der Waals surface area (Å²) in [7, 11) is 0. The molecule has 1 aromatic heterocycles. The van der Waals surface area contributed by atoms with Gasteiger partial charge < -0.3 is 5.32 Å². The van der Waals surface area contributed by atoms with E-state index in [-0.39, 0.29) is 5.91 Å². The van der Waals surface area contributed by atoms with Crippen LogP contribution in [0.4, 0.5) is 0 Å². The highest BCUT2D eigenvalue weighted by molar-refractivity contribution is 7.98. The molecule has 0 saturated heterocycles. The molecule has 2 aromatic rings. The van der Waals surface area contributed by atoms with E-state index in [4.69, 9.17) is 0 Å². The molecule has 0 unspecified atom stereocenters. The molecule has 0 aliphatic rings. The van der Waals surface area contributed by atoms with Gasteiger partial charge in [0.05, 0.1) is 12.7 Å². The van der Waals surface area contributed by atoms with Crippen molar-refractivity contribution in [3.8, 4) is 0 Å². The Bertz CT molecular complexity index is 539. The van der Waals surface area contributed by atoms with Gasteiger partial charge in [0.1, 0.15) is 0 Å². The summed E-state index contributed by atoms with van der Waals surface area (Å²) in [5, 5.41) is 7.22. The molecule has 2 rings (SSSR count). The minimum Gasteiger partial charge on any atom is -0.352 e. The second-order valence-corrected chi connectivity index (χ2v) is 5.54. The minimum absolute atomic E-state index is 0.0927. The molecule has 0 bridgehead atoms. The average Bonchev–Trinajstić information content (AvgIpc) is 2.91. The van der Waals surface area contributed by atoms with Gasteiger partial charge in [0.15, 0.2) is 0 Å². The van der Waals surface area contributed by atoms with Crippen molar-refractivity contribution in [1.29, 1.82) is 0 Å². The van der Waals surface area contributed by atoms with E-state index < -0.39 is 0 Å². The molecule has 0 radical (unpaired) electrons. The van der Waals surface area contributed by atoms with Gasteiger partial charge in [-0.1, -0.05) is 30.3 Å². The monoisotopic (exact) mass is 289 g/mol. The standard InChI is InChI=1S/C15H19N3OS/c1-20-8-7-15(19)16-9-14-10-17-18(12-14)11-13-5-3-2-4-6-13/h2-6,10,12H,7-9,11H2,1H3,(H,16,19). The van der Waals surface area contributed by atoms with E-state index >= 15 is 0 Å². The van der Waals surface area contributed by atoms with Gasteiger partial charge in [-0.3, -0.25) is 9.48 Å². The minimum atomic E-state index is 0.0927. The molecule has 1 N–H and O–H groups in total. The summed E-state index contributed by atoms with van der Waals surface area (Å²) in [5.41, 5.74) is 2.24. The highest BCUT2D eigenvalue weighted by Crippen LogP contribution is 2.04. The van der Waals surface area contributed by atoms with Crippen LogP contribution in [0.2, 0.25) is 0 Å². The first-order valence-corrected chi connectivity index (χ1v) is 7.98. The van der Waals surface area contributed by atoms with Crippen molar-refractivity contribution >= 4 is 17.7 Å². The molecule has 1 amide bonds. The Labute approximate surface area is 123 Å². The van der Waals surface area contributed by atoms with Crippen LogP contribution >= 0.6 is 11.8 Å². The maximum atomic E-state index is 11.5. The lowest BCUT2D eigenvalue weighted by atomic mass is 10.2.